The maximum Gasteiger partial charge on any atom is 0.485 e. The van der Waals surface area contributed by atoms with Gasteiger partial charge < -0.3 is 0 Å². The van der Waals surface area contributed by atoms with Crippen molar-refractivity contribution in [2.75, 3.05) is 5.32 Å². The van der Waals surface area contributed by atoms with E-state index in [1.54, 1.807) is 0 Å². The molecule has 4 nitrogen and oxygen atoms in total. The summed E-state index contributed by atoms with van der Waals surface area (Å²) in [5.74, 6) is 0. The minimum Gasteiger partial charge on any atom is -0.283 e. The van der Waals surface area contributed by atoms with Gasteiger partial charge in [-0.25, -0.2) is 15.1 Å². The standard InChI is InChI=1S/C5H4F3N3OS/c6-5(7,8)11-3(12)10-4-9-1-2-13-4/h1-2H,(H2,9,10,11,12). The van der Waals surface area contributed by atoms with E-state index in [0.717, 1.165) is 16.7 Å². The summed E-state index contributed by atoms with van der Waals surface area (Å²) in [5, 5.41) is 4.33. The van der Waals surface area contributed by atoms with E-state index in [1.807, 2.05) is 5.32 Å². The number of alkyl halides is 3. The molecule has 1 heterocycles. The zero-order chi connectivity index (χ0) is 9.90. The average Bonchev–Trinajstić information content (AvgIpc) is 2.34. The molecule has 1 rings (SSSR count). The lowest BCUT2D eigenvalue weighted by Crippen LogP contribution is -2.40. The van der Waals surface area contributed by atoms with Crippen LogP contribution in [-0.4, -0.2) is 17.3 Å². The number of urea groups is 1. The lowest BCUT2D eigenvalue weighted by Gasteiger charge is -2.07. The largest absolute Gasteiger partial charge is 0.485 e. The third-order valence-electron chi connectivity index (χ3n) is 0.908. The van der Waals surface area contributed by atoms with Gasteiger partial charge in [0.25, 0.3) is 0 Å². The van der Waals surface area contributed by atoms with Gasteiger partial charge in [0, 0.05) is 11.6 Å². The fraction of sp³-hybridized carbons (Fsp3) is 0.200. The Bertz CT molecular complexity index is 284. The van der Waals surface area contributed by atoms with E-state index in [1.165, 1.54) is 11.6 Å². The average molecular weight is 211 g/mol. The Morgan fingerprint density at radius 3 is 2.69 bits per heavy atom. The van der Waals surface area contributed by atoms with Crippen molar-refractivity contribution < 1.29 is 18.0 Å². The van der Waals surface area contributed by atoms with Gasteiger partial charge in [0.1, 0.15) is 0 Å². The summed E-state index contributed by atoms with van der Waals surface area (Å²) in [4.78, 5) is 14.1. The van der Waals surface area contributed by atoms with Crippen molar-refractivity contribution in [3.63, 3.8) is 0 Å². The predicted molar refractivity (Wildman–Crippen MR) is 40.3 cm³/mol. The Morgan fingerprint density at radius 2 is 2.23 bits per heavy atom. The van der Waals surface area contributed by atoms with Crippen molar-refractivity contribution in [1.29, 1.82) is 0 Å². The molecule has 72 valence electrons. The van der Waals surface area contributed by atoms with Crippen LogP contribution < -0.4 is 10.6 Å². The van der Waals surface area contributed by atoms with E-state index in [2.05, 4.69) is 4.98 Å². The normalized spacial score (nSPS) is 11.0. The molecule has 2 amide bonds. The molecule has 0 spiro atoms. The van der Waals surface area contributed by atoms with Crippen LogP contribution in [0.4, 0.5) is 23.1 Å². The van der Waals surface area contributed by atoms with Crippen molar-refractivity contribution >= 4 is 22.5 Å². The number of nitrogens with zero attached hydrogens (tertiary/aromatic N) is 1. The number of thiazole rings is 1. The van der Waals surface area contributed by atoms with Gasteiger partial charge in [-0.15, -0.1) is 11.3 Å². The van der Waals surface area contributed by atoms with Gasteiger partial charge in [0.2, 0.25) is 0 Å². The SMILES string of the molecule is O=C(Nc1nccs1)NC(F)(F)F. The Labute approximate surface area is 74.8 Å². The number of hydrogen-bond donors (Lipinski definition) is 2. The van der Waals surface area contributed by atoms with E-state index in [4.69, 9.17) is 0 Å². The van der Waals surface area contributed by atoms with Gasteiger partial charge in [-0.05, 0) is 0 Å². The van der Waals surface area contributed by atoms with Gasteiger partial charge in [-0.2, -0.15) is 13.2 Å². The first kappa shape index (κ1) is 9.78. The first-order valence-corrected chi connectivity index (χ1v) is 3.91. The highest BCUT2D eigenvalue weighted by atomic mass is 32.1. The summed E-state index contributed by atoms with van der Waals surface area (Å²) < 4.78 is 34.6. The molecule has 8 heteroatoms. The molecule has 0 aliphatic carbocycles. The van der Waals surface area contributed by atoms with Crippen LogP contribution in [0.25, 0.3) is 0 Å². The number of halogens is 3. The smallest absolute Gasteiger partial charge is 0.283 e. The van der Waals surface area contributed by atoms with E-state index >= 15 is 0 Å². The van der Waals surface area contributed by atoms with Crippen LogP contribution in [0.15, 0.2) is 11.6 Å². The third kappa shape index (κ3) is 3.74. The molecule has 0 atom stereocenters. The molecule has 0 saturated heterocycles. The molecule has 0 aliphatic heterocycles. The van der Waals surface area contributed by atoms with Crippen LogP contribution in [0.5, 0.6) is 0 Å². The molecule has 0 aliphatic rings. The minimum absolute atomic E-state index is 0.113. The van der Waals surface area contributed by atoms with Crippen molar-refractivity contribution in [3.8, 4) is 0 Å². The topological polar surface area (TPSA) is 54.0 Å². The maximum atomic E-state index is 11.5. The molecule has 2 N–H and O–H groups in total. The highest BCUT2D eigenvalue weighted by Gasteiger charge is 2.30. The zero-order valence-corrected chi connectivity index (χ0v) is 6.87. The van der Waals surface area contributed by atoms with E-state index < -0.39 is 12.3 Å². The lowest BCUT2D eigenvalue weighted by molar-refractivity contribution is -0.144. The second-order valence-electron chi connectivity index (χ2n) is 1.91. The van der Waals surface area contributed by atoms with Crippen LogP contribution in [0.2, 0.25) is 0 Å². The molecule has 13 heavy (non-hydrogen) atoms. The Hall–Kier alpha value is -1.31. The second kappa shape index (κ2) is 3.60. The van der Waals surface area contributed by atoms with Crippen LogP contribution in [0, 0.1) is 0 Å². The van der Waals surface area contributed by atoms with Crippen molar-refractivity contribution in [1.82, 2.24) is 10.3 Å². The highest BCUT2D eigenvalue weighted by Crippen LogP contribution is 2.12. The summed E-state index contributed by atoms with van der Waals surface area (Å²) in [6, 6.07) is -1.34. The van der Waals surface area contributed by atoms with Gasteiger partial charge in [0.15, 0.2) is 5.13 Å². The number of rotatable bonds is 1. The Balaban J connectivity index is 2.43. The molecule has 0 radical (unpaired) electrons. The zero-order valence-electron chi connectivity index (χ0n) is 6.05. The fourth-order valence-corrected chi connectivity index (χ4v) is 1.07. The minimum atomic E-state index is -4.72. The van der Waals surface area contributed by atoms with E-state index in [9.17, 15) is 18.0 Å². The summed E-state index contributed by atoms with van der Waals surface area (Å²) in [7, 11) is 0. The number of nitrogens with one attached hydrogen (secondary N) is 2. The number of carbonyl (C=O) groups is 1. The Morgan fingerprint density at radius 1 is 1.54 bits per heavy atom. The molecular weight excluding hydrogens is 207 g/mol. The predicted octanol–water partition coefficient (Wildman–Crippen LogP) is 1.78. The van der Waals surface area contributed by atoms with Gasteiger partial charge >= 0.3 is 12.3 Å². The molecule has 0 aromatic carbocycles. The molecule has 0 fully saturated rings. The van der Waals surface area contributed by atoms with Crippen LogP contribution in [-0.2, 0) is 0 Å². The highest BCUT2D eigenvalue weighted by molar-refractivity contribution is 7.13. The van der Waals surface area contributed by atoms with E-state index in [-0.39, 0.29) is 5.13 Å². The summed E-state index contributed by atoms with van der Waals surface area (Å²) in [5.41, 5.74) is 0. The van der Waals surface area contributed by atoms with E-state index in [0.29, 0.717) is 0 Å². The quantitative estimate of drug-likeness (QED) is 0.695. The monoisotopic (exact) mass is 211 g/mol. The lowest BCUT2D eigenvalue weighted by atomic mass is 10.9. The first-order valence-electron chi connectivity index (χ1n) is 3.03. The summed E-state index contributed by atoms with van der Waals surface area (Å²) >= 11 is 1.03. The molecule has 1 aromatic heterocycles. The summed E-state index contributed by atoms with van der Waals surface area (Å²) in [6.45, 7) is 0. The van der Waals surface area contributed by atoms with Gasteiger partial charge in [0.05, 0.1) is 0 Å². The second-order valence-corrected chi connectivity index (χ2v) is 2.81. The molecular formula is C5H4F3N3OS. The summed E-state index contributed by atoms with van der Waals surface area (Å²) in [6.07, 6.45) is -3.35. The van der Waals surface area contributed by atoms with Crippen LogP contribution in [0.1, 0.15) is 0 Å². The Kier molecular flexibility index (Phi) is 2.71. The van der Waals surface area contributed by atoms with Crippen molar-refractivity contribution in [2.45, 2.75) is 6.30 Å². The third-order valence-corrected chi connectivity index (χ3v) is 1.60. The van der Waals surface area contributed by atoms with Crippen molar-refractivity contribution in [2.24, 2.45) is 0 Å². The number of anilines is 1. The molecule has 0 unspecified atom stereocenters. The van der Waals surface area contributed by atoms with Crippen LogP contribution >= 0.6 is 11.3 Å². The molecule has 0 saturated carbocycles. The number of aromatic nitrogens is 1. The van der Waals surface area contributed by atoms with Crippen LogP contribution in [0.3, 0.4) is 0 Å². The first-order chi connectivity index (χ1) is 5.97. The number of hydrogen-bond acceptors (Lipinski definition) is 3. The van der Waals surface area contributed by atoms with Crippen molar-refractivity contribution in [3.05, 3.63) is 11.6 Å². The fourth-order valence-electron chi connectivity index (χ4n) is 0.542. The molecule has 1 aromatic rings. The number of amides is 2. The maximum absolute atomic E-state index is 11.5. The number of carbonyl (C=O) groups excluding carboxylic acids is 1. The van der Waals surface area contributed by atoms with Gasteiger partial charge in [-0.3, -0.25) is 5.32 Å². The van der Waals surface area contributed by atoms with Gasteiger partial charge in [-0.1, -0.05) is 0 Å². The molecule has 0 bridgehead atoms.